The fourth-order valence-electron chi connectivity index (χ4n) is 2.76. The number of rotatable bonds is 7. The van der Waals surface area contributed by atoms with Crippen molar-refractivity contribution >= 4 is 57.2 Å². The fourth-order valence-corrected chi connectivity index (χ4v) is 3.97. The normalized spacial score (nSPS) is 11.9. The summed E-state index contributed by atoms with van der Waals surface area (Å²) < 4.78 is 0. The van der Waals surface area contributed by atoms with E-state index >= 15 is 0 Å². The van der Waals surface area contributed by atoms with Gasteiger partial charge in [0.05, 0.1) is 34.0 Å². The van der Waals surface area contributed by atoms with E-state index in [9.17, 15) is 9.59 Å². The molecule has 3 rings (SSSR count). The number of aryl methyl sites for hydroxylation is 1. The Labute approximate surface area is 195 Å². The molecular weight excluding hydrogens is 455 g/mol. The first kappa shape index (κ1) is 23.2. The Morgan fingerprint density at radius 3 is 2.39 bits per heavy atom. The number of nitrogens with zero attached hydrogens (tertiary/aromatic N) is 2. The number of nitrogens with one attached hydrogen (secondary N) is 2. The van der Waals surface area contributed by atoms with Crippen molar-refractivity contribution in [3.63, 3.8) is 0 Å². The highest BCUT2D eigenvalue weighted by molar-refractivity contribution is 7.14. The lowest BCUT2D eigenvalue weighted by atomic mass is 10.1. The smallest absolute Gasteiger partial charge is 0.243 e. The van der Waals surface area contributed by atoms with E-state index in [1.165, 1.54) is 16.9 Å². The molecule has 0 spiro atoms. The Morgan fingerprint density at radius 1 is 1.10 bits per heavy atom. The van der Waals surface area contributed by atoms with Crippen molar-refractivity contribution in [2.45, 2.75) is 19.9 Å². The largest absolute Gasteiger partial charge is 0.322 e. The number of aromatic nitrogens is 1. The van der Waals surface area contributed by atoms with Crippen LogP contribution in [-0.4, -0.2) is 41.3 Å². The molecule has 0 radical (unpaired) electrons. The maximum atomic E-state index is 12.6. The molecule has 0 saturated heterocycles. The number of amides is 2. The van der Waals surface area contributed by atoms with Crippen LogP contribution in [0.1, 0.15) is 12.5 Å². The van der Waals surface area contributed by atoms with Gasteiger partial charge in [-0.25, -0.2) is 4.98 Å². The monoisotopic (exact) mass is 476 g/mol. The van der Waals surface area contributed by atoms with Crippen molar-refractivity contribution in [1.82, 2.24) is 9.88 Å². The number of likely N-dealkylation sites (N-methyl/N-ethyl adjacent to an activating group) is 1. The van der Waals surface area contributed by atoms with Crippen molar-refractivity contribution in [2.24, 2.45) is 0 Å². The topological polar surface area (TPSA) is 74.3 Å². The minimum atomic E-state index is -0.556. The molecule has 2 amide bonds. The van der Waals surface area contributed by atoms with Crippen LogP contribution in [0.3, 0.4) is 0 Å². The van der Waals surface area contributed by atoms with Crippen molar-refractivity contribution in [3.8, 4) is 11.3 Å². The average molecular weight is 477 g/mol. The molecule has 2 N–H and O–H groups in total. The second-order valence-corrected chi connectivity index (χ2v) is 8.80. The van der Waals surface area contributed by atoms with E-state index in [4.69, 9.17) is 23.2 Å². The van der Waals surface area contributed by atoms with Crippen LogP contribution in [0.2, 0.25) is 10.0 Å². The van der Waals surface area contributed by atoms with Gasteiger partial charge in [-0.2, -0.15) is 0 Å². The summed E-state index contributed by atoms with van der Waals surface area (Å²) in [6.45, 7) is 3.74. The molecule has 9 heteroatoms. The molecule has 3 aromatic rings. The number of thiazole rings is 1. The average Bonchev–Trinajstić information content (AvgIpc) is 3.19. The molecule has 162 valence electrons. The summed E-state index contributed by atoms with van der Waals surface area (Å²) in [6.07, 6.45) is 0. The molecule has 2 aromatic carbocycles. The van der Waals surface area contributed by atoms with Crippen LogP contribution in [0.5, 0.6) is 0 Å². The molecule has 0 bridgehead atoms. The Kier molecular flexibility index (Phi) is 7.67. The quantitative estimate of drug-likeness (QED) is 0.483. The highest BCUT2D eigenvalue weighted by Crippen LogP contribution is 2.29. The summed E-state index contributed by atoms with van der Waals surface area (Å²) in [4.78, 5) is 31.1. The van der Waals surface area contributed by atoms with Crippen LogP contribution in [0.4, 0.5) is 10.8 Å². The Bertz CT molecular complexity index is 1070. The standard InChI is InChI=1S/C22H22Cl2N4O2S/c1-13-7-9-15(10-8-13)18-12-31-22(25-18)27-21(30)14(2)28(3)11-19(29)26-20-16(23)5-4-6-17(20)24/h4-10,12,14H,11H2,1-3H3,(H,26,29)(H,25,27,30). The van der Waals surface area contributed by atoms with Gasteiger partial charge in [-0.05, 0) is 33.0 Å². The maximum Gasteiger partial charge on any atom is 0.243 e. The van der Waals surface area contributed by atoms with E-state index in [0.29, 0.717) is 20.9 Å². The Balaban J connectivity index is 1.57. The van der Waals surface area contributed by atoms with E-state index < -0.39 is 6.04 Å². The zero-order chi connectivity index (χ0) is 22.5. The minimum Gasteiger partial charge on any atom is -0.322 e. The minimum absolute atomic E-state index is 0.0113. The summed E-state index contributed by atoms with van der Waals surface area (Å²) in [6, 6.07) is 12.5. The number of hydrogen-bond donors (Lipinski definition) is 2. The van der Waals surface area contributed by atoms with Crippen LogP contribution in [0, 0.1) is 6.92 Å². The van der Waals surface area contributed by atoms with Crippen molar-refractivity contribution in [3.05, 3.63) is 63.5 Å². The number of halogens is 2. The van der Waals surface area contributed by atoms with Gasteiger partial charge in [0.2, 0.25) is 11.8 Å². The summed E-state index contributed by atoms with van der Waals surface area (Å²) >= 11 is 13.5. The molecule has 0 aliphatic carbocycles. The van der Waals surface area contributed by atoms with Gasteiger partial charge in [-0.1, -0.05) is 59.1 Å². The number of para-hydroxylation sites is 1. The van der Waals surface area contributed by atoms with E-state index in [2.05, 4.69) is 15.6 Å². The zero-order valence-electron chi connectivity index (χ0n) is 17.3. The number of hydrogen-bond acceptors (Lipinski definition) is 5. The number of benzene rings is 2. The fraction of sp³-hybridized carbons (Fsp3) is 0.227. The Hall–Kier alpha value is -2.45. The predicted octanol–water partition coefficient (Wildman–Crippen LogP) is 5.32. The van der Waals surface area contributed by atoms with Crippen LogP contribution in [0.25, 0.3) is 11.3 Å². The van der Waals surface area contributed by atoms with Crippen molar-refractivity contribution in [1.29, 1.82) is 0 Å². The lowest BCUT2D eigenvalue weighted by molar-refractivity contribution is -0.122. The lowest BCUT2D eigenvalue weighted by Gasteiger charge is -2.23. The molecule has 0 saturated carbocycles. The van der Waals surface area contributed by atoms with E-state index in [-0.39, 0.29) is 18.4 Å². The highest BCUT2D eigenvalue weighted by atomic mass is 35.5. The molecule has 0 aliphatic heterocycles. The van der Waals surface area contributed by atoms with Crippen LogP contribution in [0.15, 0.2) is 47.8 Å². The van der Waals surface area contributed by atoms with Crippen LogP contribution >= 0.6 is 34.5 Å². The summed E-state index contributed by atoms with van der Waals surface area (Å²) in [5.74, 6) is -0.580. The summed E-state index contributed by atoms with van der Waals surface area (Å²) in [5, 5.41) is 8.61. The SMILES string of the molecule is Cc1ccc(-c2csc(NC(=O)C(C)N(C)CC(=O)Nc3c(Cl)cccc3Cl)n2)cc1. The van der Waals surface area contributed by atoms with Gasteiger partial charge in [-0.3, -0.25) is 14.5 Å². The van der Waals surface area contributed by atoms with Crippen molar-refractivity contribution in [2.75, 3.05) is 24.2 Å². The van der Waals surface area contributed by atoms with Gasteiger partial charge in [0.15, 0.2) is 5.13 Å². The second-order valence-electron chi connectivity index (χ2n) is 7.13. The summed E-state index contributed by atoms with van der Waals surface area (Å²) in [7, 11) is 1.69. The molecule has 0 aliphatic rings. The third-order valence-electron chi connectivity index (χ3n) is 4.74. The van der Waals surface area contributed by atoms with E-state index in [1.54, 1.807) is 37.1 Å². The zero-order valence-corrected chi connectivity index (χ0v) is 19.6. The maximum absolute atomic E-state index is 12.6. The first-order valence-electron chi connectivity index (χ1n) is 9.52. The van der Waals surface area contributed by atoms with Gasteiger partial charge in [0.1, 0.15) is 0 Å². The molecule has 1 aromatic heterocycles. The molecule has 31 heavy (non-hydrogen) atoms. The van der Waals surface area contributed by atoms with Gasteiger partial charge >= 0.3 is 0 Å². The molecule has 6 nitrogen and oxygen atoms in total. The number of carbonyl (C=O) groups is 2. The van der Waals surface area contributed by atoms with Gasteiger partial charge in [0.25, 0.3) is 0 Å². The molecular formula is C22H22Cl2N4O2S. The molecule has 0 fully saturated rings. The number of anilines is 2. The van der Waals surface area contributed by atoms with E-state index in [1.807, 2.05) is 36.6 Å². The van der Waals surface area contributed by atoms with Crippen molar-refractivity contribution < 1.29 is 9.59 Å². The van der Waals surface area contributed by atoms with E-state index in [0.717, 1.165) is 11.3 Å². The predicted molar refractivity (Wildman–Crippen MR) is 128 cm³/mol. The Morgan fingerprint density at radius 2 is 1.74 bits per heavy atom. The molecule has 1 unspecified atom stereocenters. The number of carbonyl (C=O) groups excluding carboxylic acids is 2. The lowest BCUT2D eigenvalue weighted by Crippen LogP contribution is -2.43. The summed E-state index contributed by atoms with van der Waals surface area (Å²) in [5.41, 5.74) is 3.32. The second kappa shape index (κ2) is 10.2. The highest BCUT2D eigenvalue weighted by Gasteiger charge is 2.22. The third kappa shape index (κ3) is 6.04. The van der Waals surface area contributed by atoms with Gasteiger partial charge < -0.3 is 10.6 Å². The molecule has 1 heterocycles. The first-order chi connectivity index (χ1) is 14.7. The third-order valence-corrected chi connectivity index (χ3v) is 6.13. The van der Waals surface area contributed by atoms with Crippen LogP contribution < -0.4 is 10.6 Å². The molecule has 1 atom stereocenters. The van der Waals surface area contributed by atoms with Gasteiger partial charge in [-0.15, -0.1) is 11.3 Å². The first-order valence-corrected chi connectivity index (χ1v) is 11.2. The van der Waals surface area contributed by atoms with Gasteiger partial charge in [0, 0.05) is 10.9 Å². The van der Waals surface area contributed by atoms with Crippen LogP contribution in [-0.2, 0) is 9.59 Å².